The average Bonchev–Trinajstić information content (AvgIpc) is 2.49. The van der Waals surface area contributed by atoms with Crippen molar-refractivity contribution in [2.24, 2.45) is 0 Å². The Kier molecular flexibility index (Phi) is 3.62. The number of rotatable bonds is 2. The first-order chi connectivity index (χ1) is 9.75. The standard InChI is InChI=1S/C19H17S/c1-14-13-15(2)19(17-11-7-4-8-12-17)20-18(14)16-9-5-3-6-10-16/h3-13H,1-2H3/q+1. The number of aryl methyl sites for hydroxylation is 2. The highest BCUT2D eigenvalue weighted by atomic mass is 32.1. The second-order valence-corrected chi connectivity index (χ2v) is 6.02. The van der Waals surface area contributed by atoms with Gasteiger partial charge in [-0.2, -0.15) is 0 Å². The maximum atomic E-state index is 2.29. The summed E-state index contributed by atoms with van der Waals surface area (Å²) in [6.45, 7) is 4.39. The Morgan fingerprint density at radius 3 is 1.40 bits per heavy atom. The topological polar surface area (TPSA) is 0 Å². The fourth-order valence-electron chi connectivity index (χ4n) is 2.47. The lowest BCUT2D eigenvalue weighted by atomic mass is 10.1. The zero-order valence-corrected chi connectivity index (χ0v) is 12.6. The molecule has 0 fully saturated rings. The predicted octanol–water partition coefficient (Wildman–Crippen LogP) is 5.98. The van der Waals surface area contributed by atoms with Gasteiger partial charge in [-0.1, -0.05) is 36.4 Å². The summed E-state index contributed by atoms with van der Waals surface area (Å²) in [7, 11) is 0. The van der Waals surface area contributed by atoms with E-state index in [4.69, 9.17) is 0 Å². The molecule has 0 atom stereocenters. The van der Waals surface area contributed by atoms with Gasteiger partial charge in [0.15, 0.2) is 0 Å². The molecule has 3 aromatic rings. The van der Waals surface area contributed by atoms with E-state index in [1.165, 1.54) is 32.0 Å². The zero-order chi connectivity index (χ0) is 13.9. The van der Waals surface area contributed by atoms with E-state index in [2.05, 4.69) is 80.6 Å². The van der Waals surface area contributed by atoms with E-state index < -0.39 is 0 Å². The van der Waals surface area contributed by atoms with Crippen molar-refractivity contribution in [1.82, 2.24) is 0 Å². The Morgan fingerprint density at radius 1 is 0.600 bits per heavy atom. The minimum Gasteiger partial charge on any atom is -0.0622 e. The van der Waals surface area contributed by atoms with Crippen molar-refractivity contribution in [3.8, 4) is 20.9 Å². The van der Waals surface area contributed by atoms with Crippen molar-refractivity contribution in [3.05, 3.63) is 77.9 Å². The quantitative estimate of drug-likeness (QED) is 0.505. The maximum Gasteiger partial charge on any atom is 0.241 e. The second-order valence-electron chi connectivity index (χ2n) is 5.00. The van der Waals surface area contributed by atoms with Crippen LogP contribution in [0.5, 0.6) is 0 Å². The number of benzene rings is 2. The van der Waals surface area contributed by atoms with Crippen molar-refractivity contribution >= 4 is 11.3 Å². The normalized spacial score (nSPS) is 10.5. The molecule has 20 heavy (non-hydrogen) atoms. The fraction of sp³-hybridized carbons (Fsp3) is 0.105. The van der Waals surface area contributed by atoms with Crippen LogP contribution >= 0.6 is 11.3 Å². The van der Waals surface area contributed by atoms with Crippen LogP contribution in [-0.2, 0) is 0 Å². The van der Waals surface area contributed by atoms with Gasteiger partial charge in [-0.15, -0.1) is 0 Å². The van der Waals surface area contributed by atoms with E-state index in [0.717, 1.165) is 0 Å². The van der Waals surface area contributed by atoms with Gasteiger partial charge in [-0.05, 0) is 44.2 Å². The van der Waals surface area contributed by atoms with Gasteiger partial charge in [0.25, 0.3) is 0 Å². The third kappa shape index (κ3) is 2.50. The molecule has 0 N–H and O–H groups in total. The van der Waals surface area contributed by atoms with Crippen LogP contribution in [0.2, 0.25) is 0 Å². The first kappa shape index (κ1) is 13.0. The van der Waals surface area contributed by atoms with Crippen LogP contribution in [-0.4, -0.2) is 0 Å². The summed E-state index contributed by atoms with van der Waals surface area (Å²) in [5.74, 6) is 0. The van der Waals surface area contributed by atoms with Gasteiger partial charge in [0.05, 0.1) is 0 Å². The molecule has 0 aliphatic carbocycles. The number of hydrogen-bond donors (Lipinski definition) is 0. The lowest BCUT2D eigenvalue weighted by Gasteiger charge is -2.02. The molecule has 1 heteroatoms. The van der Waals surface area contributed by atoms with Crippen molar-refractivity contribution in [3.63, 3.8) is 0 Å². The highest BCUT2D eigenvalue weighted by Gasteiger charge is 2.21. The first-order valence-corrected chi connectivity index (χ1v) is 7.62. The van der Waals surface area contributed by atoms with Gasteiger partial charge in [0, 0.05) is 22.3 Å². The smallest absolute Gasteiger partial charge is 0.0622 e. The van der Waals surface area contributed by atoms with Crippen LogP contribution < -0.4 is 0 Å². The Labute approximate surface area is 124 Å². The summed E-state index contributed by atoms with van der Waals surface area (Å²) in [6, 6.07) is 23.6. The third-order valence-electron chi connectivity index (χ3n) is 3.43. The minimum atomic E-state index is 1.30. The molecule has 98 valence electrons. The molecule has 2 aromatic carbocycles. The van der Waals surface area contributed by atoms with Gasteiger partial charge in [0.1, 0.15) is 0 Å². The van der Waals surface area contributed by atoms with Crippen LogP contribution in [0.25, 0.3) is 20.9 Å². The summed E-state index contributed by atoms with van der Waals surface area (Å²) >= 11 is 1.88. The molecule has 0 aliphatic rings. The number of hydrogen-bond acceptors (Lipinski definition) is 0. The molecular formula is C19H17S+. The summed E-state index contributed by atoms with van der Waals surface area (Å²) in [5.41, 5.74) is 5.29. The monoisotopic (exact) mass is 277 g/mol. The van der Waals surface area contributed by atoms with Crippen LogP contribution in [0.4, 0.5) is 0 Å². The summed E-state index contributed by atoms with van der Waals surface area (Å²) < 4.78 is 0. The SMILES string of the molecule is Cc1cc(C)c(-c2ccccc2)[s+]c1-c1ccccc1. The Bertz CT molecular complexity index is 655. The van der Waals surface area contributed by atoms with E-state index in [1.54, 1.807) is 0 Å². The van der Waals surface area contributed by atoms with Crippen molar-refractivity contribution in [2.45, 2.75) is 13.8 Å². The van der Waals surface area contributed by atoms with Gasteiger partial charge in [-0.25, -0.2) is 0 Å². The zero-order valence-electron chi connectivity index (χ0n) is 11.8. The van der Waals surface area contributed by atoms with Gasteiger partial charge < -0.3 is 0 Å². The molecule has 0 amide bonds. The Balaban J connectivity index is 2.19. The third-order valence-corrected chi connectivity index (χ3v) is 4.95. The molecule has 0 aliphatic heterocycles. The largest absolute Gasteiger partial charge is 0.241 e. The van der Waals surface area contributed by atoms with Gasteiger partial charge in [0.2, 0.25) is 21.1 Å². The van der Waals surface area contributed by atoms with Crippen LogP contribution in [0.15, 0.2) is 66.7 Å². The summed E-state index contributed by atoms with van der Waals surface area (Å²) in [5, 5.41) is 0. The highest BCUT2D eigenvalue weighted by molar-refractivity contribution is 7.18. The van der Waals surface area contributed by atoms with E-state index in [9.17, 15) is 0 Å². The van der Waals surface area contributed by atoms with Crippen LogP contribution in [0.3, 0.4) is 0 Å². The van der Waals surface area contributed by atoms with E-state index in [1.807, 2.05) is 11.3 Å². The average molecular weight is 277 g/mol. The summed E-state index contributed by atoms with van der Waals surface area (Å²) in [4.78, 5) is 2.71. The van der Waals surface area contributed by atoms with E-state index in [0.29, 0.717) is 0 Å². The van der Waals surface area contributed by atoms with E-state index >= 15 is 0 Å². The second kappa shape index (κ2) is 5.56. The molecule has 0 bridgehead atoms. The molecule has 0 spiro atoms. The molecule has 1 aromatic heterocycles. The van der Waals surface area contributed by atoms with Crippen LogP contribution in [0.1, 0.15) is 11.1 Å². The van der Waals surface area contributed by atoms with Crippen molar-refractivity contribution in [1.29, 1.82) is 0 Å². The van der Waals surface area contributed by atoms with Gasteiger partial charge >= 0.3 is 0 Å². The molecule has 1 heterocycles. The fourth-order valence-corrected chi connectivity index (χ4v) is 3.62. The van der Waals surface area contributed by atoms with Crippen molar-refractivity contribution < 1.29 is 0 Å². The van der Waals surface area contributed by atoms with Gasteiger partial charge in [-0.3, -0.25) is 0 Å². The molecule has 0 saturated carbocycles. The predicted molar refractivity (Wildman–Crippen MR) is 89.1 cm³/mol. The van der Waals surface area contributed by atoms with Crippen LogP contribution in [0, 0.1) is 13.8 Å². The molecule has 0 saturated heterocycles. The Hall–Kier alpha value is -1.99. The first-order valence-electron chi connectivity index (χ1n) is 6.81. The molecule has 0 nitrogen and oxygen atoms in total. The minimum absolute atomic E-state index is 1.30. The molecule has 3 rings (SSSR count). The van der Waals surface area contributed by atoms with E-state index in [-0.39, 0.29) is 0 Å². The lowest BCUT2D eigenvalue weighted by Crippen LogP contribution is -1.86. The van der Waals surface area contributed by atoms with Crippen molar-refractivity contribution in [2.75, 3.05) is 0 Å². The summed E-state index contributed by atoms with van der Waals surface area (Å²) in [6.07, 6.45) is 0. The molecule has 0 unspecified atom stereocenters. The maximum absolute atomic E-state index is 2.29. The Morgan fingerprint density at radius 2 is 1.00 bits per heavy atom. The lowest BCUT2D eigenvalue weighted by molar-refractivity contribution is 1.43. The molecule has 0 radical (unpaired) electrons. The molecular weight excluding hydrogens is 260 g/mol. The highest BCUT2D eigenvalue weighted by Crippen LogP contribution is 2.37.